The SMILES string of the molecule is C=CC(=O)N1CCC[C@@H](NC(=O)C2=C3NC(=O)N(c4cccc(CC(C)C)c4)C4CCNC(S2)C34)C1. The van der Waals surface area contributed by atoms with E-state index in [1.807, 2.05) is 17.0 Å². The third-order valence-electron chi connectivity index (χ3n) is 7.42. The molecule has 4 heterocycles. The van der Waals surface area contributed by atoms with E-state index in [1.54, 1.807) is 4.90 Å². The van der Waals surface area contributed by atoms with Crippen molar-refractivity contribution < 1.29 is 14.4 Å². The predicted octanol–water partition coefficient (Wildman–Crippen LogP) is 2.97. The number of carbonyl (C=O) groups is 3. The molecule has 4 amide bonds. The molecule has 4 atom stereocenters. The number of benzene rings is 1. The Morgan fingerprint density at radius 1 is 1.31 bits per heavy atom. The quantitative estimate of drug-likeness (QED) is 0.513. The first-order chi connectivity index (χ1) is 17.4. The van der Waals surface area contributed by atoms with Crippen molar-refractivity contribution in [1.82, 2.24) is 20.9 Å². The lowest BCUT2D eigenvalue weighted by Gasteiger charge is -2.46. The Morgan fingerprint density at radius 2 is 2.14 bits per heavy atom. The van der Waals surface area contributed by atoms with Crippen LogP contribution in [-0.2, 0) is 16.0 Å². The average Bonchev–Trinajstić information content (AvgIpc) is 3.23. The molecule has 0 radical (unpaired) electrons. The maximum Gasteiger partial charge on any atom is 0.326 e. The van der Waals surface area contributed by atoms with Gasteiger partial charge in [-0.25, -0.2) is 4.79 Å². The summed E-state index contributed by atoms with van der Waals surface area (Å²) >= 11 is 1.51. The van der Waals surface area contributed by atoms with Gasteiger partial charge < -0.3 is 20.9 Å². The number of carbonyl (C=O) groups excluding carboxylic acids is 3. The molecule has 5 rings (SSSR count). The Kier molecular flexibility index (Phi) is 7.12. The highest BCUT2D eigenvalue weighted by Gasteiger charge is 2.51. The first kappa shape index (κ1) is 24.9. The van der Waals surface area contributed by atoms with Gasteiger partial charge in [0.15, 0.2) is 0 Å². The van der Waals surface area contributed by atoms with Crippen molar-refractivity contribution in [1.29, 1.82) is 0 Å². The fourth-order valence-corrected chi connectivity index (χ4v) is 7.30. The second kappa shape index (κ2) is 10.3. The first-order valence-corrected chi connectivity index (χ1v) is 13.8. The lowest BCUT2D eigenvalue weighted by Crippen LogP contribution is -2.62. The van der Waals surface area contributed by atoms with Gasteiger partial charge in [0.1, 0.15) is 0 Å². The molecule has 0 bridgehead atoms. The number of thioether (sulfide) groups is 1. The lowest BCUT2D eigenvalue weighted by molar-refractivity contribution is -0.128. The van der Waals surface area contributed by atoms with Gasteiger partial charge in [-0.1, -0.05) is 44.3 Å². The highest BCUT2D eigenvalue weighted by molar-refractivity contribution is 8.04. The number of anilines is 1. The van der Waals surface area contributed by atoms with E-state index < -0.39 is 0 Å². The van der Waals surface area contributed by atoms with E-state index in [1.165, 1.54) is 23.4 Å². The number of hydrogen-bond donors (Lipinski definition) is 3. The van der Waals surface area contributed by atoms with Crippen LogP contribution in [0, 0.1) is 11.8 Å². The molecule has 192 valence electrons. The summed E-state index contributed by atoms with van der Waals surface area (Å²) in [5.74, 6) is 0.268. The van der Waals surface area contributed by atoms with E-state index >= 15 is 0 Å². The van der Waals surface area contributed by atoms with Crippen LogP contribution in [0.5, 0.6) is 0 Å². The smallest absolute Gasteiger partial charge is 0.326 e. The van der Waals surface area contributed by atoms with Crippen LogP contribution in [0.15, 0.2) is 47.5 Å². The van der Waals surface area contributed by atoms with Gasteiger partial charge in [0.25, 0.3) is 5.91 Å². The summed E-state index contributed by atoms with van der Waals surface area (Å²) in [6.45, 7) is 9.91. The number of likely N-dealkylation sites (tertiary alicyclic amines) is 1. The van der Waals surface area contributed by atoms with Crippen LogP contribution >= 0.6 is 11.8 Å². The molecule has 4 aliphatic rings. The molecule has 3 N–H and O–H groups in total. The molecule has 3 unspecified atom stereocenters. The molecule has 4 aliphatic heterocycles. The third-order valence-corrected chi connectivity index (χ3v) is 8.78. The van der Waals surface area contributed by atoms with E-state index in [2.05, 4.69) is 48.5 Å². The largest absolute Gasteiger partial charge is 0.347 e. The zero-order valence-electron chi connectivity index (χ0n) is 21.0. The van der Waals surface area contributed by atoms with Crippen LogP contribution in [0.4, 0.5) is 10.5 Å². The van der Waals surface area contributed by atoms with Crippen LogP contribution in [0.3, 0.4) is 0 Å². The number of hydrogen-bond acceptors (Lipinski definition) is 5. The topological polar surface area (TPSA) is 93.8 Å². The Balaban J connectivity index is 1.37. The van der Waals surface area contributed by atoms with E-state index in [-0.39, 0.29) is 41.2 Å². The van der Waals surface area contributed by atoms with Crippen molar-refractivity contribution in [2.75, 3.05) is 24.5 Å². The van der Waals surface area contributed by atoms with Crippen LogP contribution in [0.25, 0.3) is 0 Å². The minimum absolute atomic E-state index is 0.0116. The number of piperidine rings is 2. The summed E-state index contributed by atoms with van der Waals surface area (Å²) in [4.78, 5) is 43.1. The summed E-state index contributed by atoms with van der Waals surface area (Å²) in [6.07, 6.45) is 4.76. The lowest BCUT2D eigenvalue weighted by atomic mass is 9.86. The molecule has 8 nitrogen and oxygen atoms in total. The maximum atomic E-state index is 13.4. The number of nitrogens with one attached hydrogen (secondary N) is 3. The molecule has 3 saturated heterocycles. The van der Waals surface area contributed by atoms with Crippen LogP contribution < -0.4 is 20.9 Å². The first-order valence-electron chi connectivity index (χ1n) is 12.9. The van der Waals surface area contributed by atoms with Gasteiger partial charge in [0.05, 0.1) is 16.3 Å². The fraction of sp³-hybridized carbons (Fsp3) is 0.519. The highest BCUT2D eigenvalue weighted by Crippen LogP contribution is 2.48. The van der Waals surface area contributed by atoms with Gasteiger partial charge in [0.2, 0.25) is 5.91 Å². The van der Waals surface area contributed by atoms with E-state index in [9.17, 15) is 14.4 Å². The molecular weight excluding hydrogens is 474 g/mol. The molecule has 36 heavy (non-hydrogen) atoms. The van der Waals surface area contributed by atoms with Crippen molar-refractivity contribution in [2.45, 2.75) is 57.0 Å². The summed E-state index contributed by atoms with van der Waals surface area (Å²) < 4.78 is 0. The minimum atomic E-state index is -0.179. The molecule has 0 saturated carbocycles. The molecule has 0 aliphatic carbocycles. The number of amides is 4. The number of rotatable bonds is 6. The van der Waals surface area contributed by atoms with Gasteiger partial charge in [-0.15, -0.1) is 0 Å². The van der Waals surface area contributed by atoms with E-state index in [4.69, 9.17) is 0 Å². The second-order valence-electron chi connectivity index (χ2n) is 10.5. The zero-order chi connectivity index (χ0) is 25.4. The molecule has 3 fully saturated rings. The monoisotopic (exact) mass is 509 g/mol. The highest BCUT2D eigenvalue weighted by atomic mass is 32.2. The fourth-order valence-electron chi connectivity index (χ4n) is 5.90. The van der Waals surface area contributed by atoms with Gasteiger partial charge in [0, 0.05) is 36.4 Å². The zero-order valence-corrected chi connectivity index (χ0v) is 21.8. The van der Waals surface area contributed by atoms with Crippen molar-refractivity contribution in [3.05, 3.63) is 53.1 Å². The van der Waals surface area contributed by atoms with Crippen LogP contribution in [-0.4, -0.2) is 59.8 Å². The predicted molar refractivity (Wildman–Crippen MR) is 142 cm³/mol. The molecule has 0 aromatic heterocycles. The summed E-state index contributed by atoms with van der Waals surface area (Å²) in [5.41, 5.74) is 2.86. The van der Waals surface area contributed by atoms with Crippen molar-refractivity contribution in [3.63, 3.8) is 0 Å². The van der Waals surface area contributed by atoms with E-state index in [0.29, 0.717) is 23.9 Å². The molecule has 9 heteroatoms. The Bertz CT molecular complexity index is 1100. The van der Waals surface area contributed by atoms with Gasteiger partial charge >= 0.3 is 6.03 Å². The molecular formula is C27H35N5O3S. The van der Waals surface area contributed by atoms with Gasteiger partial charge in [-0.05, 0) is 61.9 Å². The minimum Gasteiger partial charge on any atom is -0.347 e. The van der Waals surface area contributed by atoms with Crippen molar-refractivity contribution in [3.8, 4) is 0 Å². The summed E-state index contributed by atoms with van der Waals surface area (Å²) in [7, 11) is 0. The van der Waals surface area contributed by atoms with Crippen molar-refractivity contribution >= 4 is 35.3 Å². The summed E-state index contributed by atoms with van der Waals surface area (Å²) in [6, 6.07) is 7.96. The molecule has 1 aromatic carbocycles. The summed E-state index contributed by atoms with van der Waals surface area (Å²) in [5, 5.41) is 9.80. The average molecular weight is 510 g/mol. The van der Waals surface area contributed by atoms with Gasteiger partial charge in [-0.2, -0.15) is 0 Å². The molecule has 0 spiro atoms. The van der Waals surface area contributed by atoms with Crippen LogP contribution in [0.1, 0.15) is 38.7 Å². The van der Waals surface area contributed by atoms with Crippen molar-refractivity contribution in [2.24, 2.45) is 11.8 Å². The third kappa shape index (κ3) is 4.78. The van der Waals surface area contributed by atoms with Gasteiger partial charge in [-0.3, -0.25) is 14.5 Å². The maximum absolute atomic E-state index is 13.4. The number of urea groups is 1. The normalized spacial score (nSPS) is 27.6. The second-order valence-corrected chi connectivity index (χ2v) is 11.6. The molecule has 1 aromatic rings. The van der Waals surface area contributed by atoms with E-state index in [0.717, 1.165) is 43.6 Å². The number of nitrogens with zero attached hydrogens (tertiary/aromatic N) is 2. The Labute approximate surface area is 216 Å². The Morgan fingerprint density at radius 3 is 2.92 bits per heavy atom. The standard InChI is InChI=1S/C27H35N5O3S/c1-4-21(33)31-12-6-8-18(15-31)29-25(34)24-23-22-20(10-11-28-26(22)36-24)32(27(35)30-23)19-9-5-7-17(14-19)13-16(2)3/h4-5,7,9,14,16,18,20,22,26,28H,1,6,8,10-13,15H2,2-3H3,(H,29,34)(H,30,35)/t18-,20?,22?,26?/m1/s1. The Hall–Kier alpha value is -2.78. The van der Waals surface area contributed by atoms with Crippen LogP contribution in [0.2, 0.25) is 0 Å².